The zero-order valence-corrected chi connectivity index (χ0v) is 11.4. The predicted molar refractivity (Wildman–Crippen MR) is 70.1 cm³/mol. The Balaban J connectivity index is 2.20. The molecular weight excluding hydrogens is 268 g/mol. The summed E-state index contributed by atoms with van der Waals surface area (Å²) >= 11 is 5.89. The maximum absolute atomic E-state index is 12.3. The average Bonchev–Trinajstić information content (AvgIpc) is 2.84. The highest BCUT2D eigenvalue weighted by molar-refractivity contribution is 6.32. The van der Waals surface area contributed by atoms with Crippen molar-refractivity contribution < 1.29 is 14.7 Å². The van der Waals surface area contributed by atoms with Crippen LogP contribution in [0.4, 0.5) is 0 Å². The largest absolute Gasteiger partial charge is 0.481 e. The number of carbonyl (C=O) groups excluding carboxylic acids is 1. The second-order valence-corrected chi connectivity index (χ2v) is 5.12. The lowest BCUT2D eigenvalue weighted by atomic mass is 9.84. The van der Waals surface area contributed by atoms with E-state index >= 15 is 0 Å². The van der Waals surface area contributed by atoms with E-state index in [0.29, 0.717) is 24.9 Å². The van der Waals surface area contributed by atoms with E-state index in [1.54, 1.807) is 17.0 Å². The maximum atomic E-state index is 12.3. The summed E-state index contributed by atoms with van der Waals surface area (Å²) in [4.78, 5) is 29.1. The molecule has 1 aromatic heterocycles. The Bertz CT molecular complexity index is 520. The van der Waals surface area contributed by atoms with E-state index in [2.05, 4.69) is 4.98 Å². The molecule has 0 spiro atoms. The summed E-state index contributed by atoms with van der Waals surface area (Å²) in [7, 11) is 0. The molecule has 0 aromatic carbocycles. The quantitative estimate of drug-likeness (QED) is 0.862. The fourth-order valence-corrected chi connectivity index (χ4v) is 2.58. The van der Waals surface area contributed by atoms with Crippen LogP contribution in [0.3, 0.4) is 0 Å². The van der Waals surface area contributed by atoms with Crippen molar-refractivity contribution in [1.82, 2.24) is 9.88 Å². The SMILES string of the molecule is CCC1(C(=O)O)CCN(C(=O)c2cccnc2Cl)C1. The first-order chi connectivity index (χ1) is 9.00. The second kappa shape index (κ2) is 5.17. The minimum absolute atomic E-state index is 0.150. The molecule has 0 aliphatic carbocycles. The van der Waals surface area contributed by atoms with Gasteiger partial charge in [0.05, 0.1) is 11.0 Å². The smallest absolute Gasteiger partial charge is 0.311 e. The van der Waals surface area contributed by atoms with Gasteiger partial charge in [0.1, 0.15) is 5.15 Å². The summed E-state index contributed by atoms with van der Waals surface area (Å²) < 4.78 is 0. The number of hydrogen-bond donors (Lipinski definition) is 1. The molecule has 1 aromatic rings. The Kier molecular flexibility index (Phi) is 3.75. The molecule has 19 heavy (non-hydrogen) atoms. The van der Waals surface area contributed by atoms with Gasteiger partial charge in [-0.15, -0.1) is 0 Å². The Labute approximate surface area is 116 Å². The zero-order valence-electron chi connectivity index (χ0n) is 10.6. The molecule has 1 saturated heterocycles. The Morgan fingerprint density at radius 2 is 2.32 bits per heavy atom. The fraction of sp³-hybridized carbons (Fsp3) is 0.462. The van der Waals surface area contributed by atoms with Crippen LogP contribution in [-0.4, -0.2) is 40.0 Å². The molecule has 0 bridgehead atoms. The van der Waals surface area contributed by atoms with Gasteiger partial charge in [-0.2, -0.15) is 0 Å². The Hall–Kier alpha value is -1.62. The molecule has 0 radical (unpaired) electrons. The van der Waals surface area contributed by atoms with Crippen LogP contribution >= 0.6 is 11.6 Å². The normalized spacial score (nSPS) is 22.5. The highest BCUT2D eigenvalue weighted by Crippen LogP contribution is 2.35. The summed E-state index contributed by atoms with van der Waals surface area (Å²) in [6.45, 7) is 2.49. The molecule has 1 atom stereocenters. The third-order valence-corrected chi connectivity index (χ3v) is 4.06. The van der Waals surface area contributed by atoms with E-state index in [4.69, 9.17) is 11.6 Å². The molecule has 2 rings (SSSR count). The highest BCUT2D eigenvalue weighted by atomic mass is 35.5. The number of amides is 1. The lowest BCUT2D eigenvalue weighted by Gasteiger charge is -2.23. The van der Waals surface area contributed by atoms with Gasteiger partial charge in [-0.05, 0) is 25.0 Å². The summed E-state index contributed by atoms with van der Waals surface area (Å²) in [5.74, 6) is -1.10. The number of carboxylic acid groups (broad SMARTS) is 1. The van der Waals surface area contributed by atoms with Gasteiger partial charge < -0.3 is 10.0 Å². The number of pyridine rings is 1. The first-order valence-corrected chi connectivity index (χ1v) is 6.51. The number of halogens is 1. The zero-order chi connectivity index (χ0) is 14.0. The van der Waals surface area contributed by atoms with Crippen LogP contribution in [0.5, 0.6) is 0 Å². The van der Waals surface area contributed by atoms with Crippen LogP contribution in [0.2, 0.25) is 5.15 Å². The van der Waals surface area contributed by atoms with Crippen molar-refractivity contribution in [1.29, 1.82) is 0 Å². The fourth-order valence-electron chi connectivity index (χ4n) is 2.38. The number of rotatable bonds is 3. The number of nitrogens with zero attached hydrogens (tertiary/aromatic N) is 2. The third-order valence-electron chi connectivity index (χ3n) is 3.76. The molecule has 1 aliphatic heterocycles. The van der Waals surface area contributed by atoms with Crippen molar-refractivity contribution in [3.8, 4) is 0 Å². The number of hydrogen-bond acceptors (Lipinski definition) is 3. The van der Waals surface area contributed by atoms with Gasteiger partial charge in [0.15, 0.2) is 0 Å². The number of likely N-dealkylation sites (tertiary alicyclic amines) is 1. The molecule has 6 heteroatoms. The van der Waals surface area contributed by atoms with E-state index in [1.165, 1.54) is 6.20 Å². The summed E-state index contributed by atoms with van der Waals surface area (Å²) in [5.41, 5.74) is -0.508. The van der Waals surface area contributed by atoms with Gasteiger partial charge in [0.25, 0.3) is 5.91 Å². The average molecular weight is 283 g/mol. The molecular formula is C13H15ClN2O3. The minimum Gasteiger partial charge on any atom is -0.481 e. The molecule has 102 valence electrons. The van der Waals surface area contributed by atoms with Gasteiger partial charge in [-0.25, -0.2) is 4.98 Å². The lowest BCUT2D eigenvalue weighted by molar-refractivity contribution is -0.148. The van der Waals surface area contributed by atoms with E-state index < -0.39 is 11.4 Å². The standard InChI is InChI=1S/C13H15ClN2O3/c1-2-13(12(18)19)5-7-16(8-13)11(17)9-4-3-6-15-10(9)14/h3-4,6H,2,5,7-8H2,1H3,(H,18,19). The Morgan fingerprint density at radius 1 is 1.58 bits per heavy atom. The van der Waals surface area contributed by atoms with E-state index in [0.717, 1.165) is 0 Å². The van der Waals surface area contributed by atoms with Crippen molar-refractivity contribution in [3.63, 3.8) is 0 Å². The van der Waals surface area contributed by atoms with Crippen molar-refractivity contribution in [2.75, 3.05) is 13.1 Å². The number of aromatic nitrogens is 1. The van der Waals surface area contributed by atoms with Crippen LogP contribution in [0.25, 0.3) is 0 Å². The lowest BCUT2D eigenvalue weighted by Crippen LogP contribution is -2.36. The van der Waals surface area contributed by atoms with Crippen molar-refractivity contribution >= 4 is 23.5 Å². The Morgan fingerprint density at radius 3 is 2.84 bits per heavy atom. The first kappa shape index (κ1) is 13.8. The molecule has 1 amide bonds. The van der Waals surface area contributed by atoms with E-state index in [9.17, 15) is 14.7 Å². The molecule has 1 unspecified atom stereocenters. The predicted octanol–water partition coefficient (Wildman–Crippen LogP) is 2.06. The van der Waals surface area contributed by atoms with Crippen molar-refractivity contribution in [2.24, 2.45) is 5.41 Å². The summed E-state index contributed by atoms with van der Waals surface area (Å²) in [5, 5.41) is 9.46. The topological polar surface area (TPSA) is 70.5 Å². The second-order valence-electron chi connectivity index (χ2n) is 4.76. The maximum Gasteiger partial charge on any atom is 0.311 e. The third kappa shape index (κ3) is 2.42. The van der Waals surface area contributed by atoms with E-state index in [-0.39, 0.29) is 17.6 Å². The first-order valence-electron chi connectivity index (χ1n) is 6.13. The molecule has 5 nitrogen and oxygen atoms in total. The van der Waals surface area contributed by atoms with Gasteiger partial charge in [-0.3, -0.25) is 9.59 Å². The van der Waals surface area contributed by atoms with Crippen LogP contribution < -0.4 is 0 Å². The monoisotopic (exact) mass is 282 g/mol. The minimum atomic E-state index is -0.845. The van der Waals surface area contributed by atoms with Crippen molar-refractivity contribution in [3.05, 3.63) is 29.0 Å². The molecule has 1 fully saturated rings. The van der Waals surface area contributed by atoms with Gasteiger partial charge in [-0.1, -0.05) is 18.5 Å². The highest BCUT2D eigenvalue weighted by Gasteiger charge is 2.45. The van der Waals surface area contributed by atoms with Crippen LogP contribution in [0, 0.1) is 5.41 Å². The molecule has 1 N–H and O–H groups in total. The number of aliphatic carboxylic acids is 1. The van der Waals surface area contributed by atoms with Gasteiger partial charge in [0.2, 0.25) is 0 Å². The summed E-state index contributed by atoms with van der Waals surface area (Å²) in [6.07, 6.45) is 2.49. The molecule has 1 aliphatic rings. The summed E-state index contributed by atoms with van der Waals surface area (Å²) in [6, 6.07) is 3.24. The number of carboxylic acids is 1. The van der Waals surface area contributed by atoms with Gasteiger partial charge in [0, 0.05) is 19.3 Å². The molecule has 2 heterocycles. The van der Waals surface area contributed by atoms with E-state index in [1.807, 2.05) is 6.92 Å². The van der Waals surface area contributed by atoms with Crippen LogP contribution in [0.15, 0.2) is 18.3 Å². The van der Waals surface area contributed by atoms with Crippen LogP contribution in [-0.2, 0) is 4.79 Å². The number of carbonyl (C=O) groups is 2. The van der Waals surface area contributed by atoms with Gasteiger partial charge >= 0.3 is 5.97 Å². The van der Waals surface area contributed by atoms with Crippen molar-refractivity contribution in [2.45, 2.75) is 19.8 Å². The van der Waals surface area contributed by atoms with Crippen LogP contribution in [0.1, 0.15) is 30.1 Å². The molecule has 0 saturated carbocycles.